The summed E-state index contributed by atoms with van der Waals surface area (Å²) in [4.78, 5) is 24.5. The Labute approximate surface area is 92.9 Å². The van der Waals surface area contributed by atoms with Crippen LogP contribution >= 0.6 is 8.03 Å². The quantitative estimate of drug-likeness (QED) is 0.593. The monoisotopic (exact) mass is 238 g/mol. The van der Waals surface area contributed by atoms with Gasteiger partial charge < -0.3 is 0 Å². The summed E-state index contributed by atoms with van der Waals surface area (Å²) in [7, 11) is -0.736. The third kappa shape index (κ3) is 1.64. The number of amides is 2. The van der Waals surface area contributed by atoms with Crippen LogP contribution in [0, 0.1) is 0 Å². The van der Waals surface area contributed by atoms with Gasteiger partial charge in [0.2, 0.25) is 0 Å². The number of hydrogen-bond donors (Lipinski definition) is 0. The third-order valence-corrected chi connectivity index (χ3v) is 3.26. The summed E-state index contributed by atoms with van der Waals surface area (Å²) in [6.07, 6.45) is -0.196. The van der Waals surface area contributed by atoms with Gasteiger partial charge in [-0.3, -0.25) is 9.59 Å². The Kier molecular flexibility index (Phi) is 2.81. The van der Waals surface area contributed by atoms with Crippen LogP contribution in [0.3, 0.4) is 0 Å². The van der Waals surface area contributed by atoms with Crippen molar-refractivity contribution < 1.29 is 18.7 Å². The van der Waals surface area contributed by atoms with Crippen LogP contribution in [0.25, 0.3) is 0 Å². The molecular formula is C10H9NO4P+. The zero-order chi connectivity index (χ0) is 11.7. The van der Waals surface area contributed by atoms with E-state index in [1.807, 2.05) is 0 Å². The molecule has 2 rings (SSSR count). The van der Waals surface area contributed by atoms with E-state index >= 15 is 0 Å². The summed E-state index contributed by atoms with van der Waals surface area (Å²) in [6, 6.07) is 6.53. The zero-order valence-electron chi connectivity index (χ0n) is 8.54. The van der Waals surface area contributed by atoms with Crippen molar-refractivity contribution in [1.82, 2.24) is 4.90 Å². The second-order valence-corrected chi connectivity index (χ2v) is 4.55. The average molecular weight is 238 g/mol. The van der Waals surface area contributed by atoms with Crippen molar-refractivity contribution >= 4 is 19.8 Å². The van der Waals surface area contributed by atoms with Crippen LogP contribution < -0.4 is 0 Å². The van der Waals surface area contributed by atoms with E-state index in [0.29, 0.717) is 11.1 Å². The number of imide groups is 1. The van der Waals surface area contributed by atoms with Gasteiger partial charge in [-0.2, -0.15) is 0 Å². The van der Waals surface area contributed by atoms with Gasteiger partial charge in [-0.15, -0.1) is 4.52 Å². The van der Waals surface area contributed by atoms with Gasteiger partial charge in [0.1, 0.15) is 0 Å². The lowest BCUT2D eigenvalue weighted by atomic mass is 10.1. The molecule has 16 heavy (non-hydrogen) atoms. The molecule has 1 heterocycles. The normalized spacial score (nSPS) is 15.3. The van der Waals surface area contributed by atoms with Gasteiger partial charge in [-0.1, -0.05) is 12.1 Å². The summed E-state index contributed by atoms with van der Waals surface area (Å²) in [5.74, 6) is -0.831. The van der Waals surface area contributed by atoms with Crippen LogP contribution in [0.5, 0.6) is 0 Å². The molecule has 1 unspecified atom stereocenters. The number of hydrogen-bond acceptors (Lipinski definition) is 4. The van der Waals surface area contributed by atoms with Gasteiger partial charge in [-0.05, 0) is 16.7 Å². The highest BCUT2D eigenvalue weighted by Crippen LogP contribution is 2.29. The van der Waals surface area contributed by atoms with Gasteiger partial charge in [-0.25, -0.2) is 4.90 Å². The summed E-state index contributed by atoms with van der Waals surface area (Å²) < 4.78 is 15.8. The second kappa shape index (κ2) is 4.12. The molecule has 0 spiro atoms. The zero-order valence-corrected chi connectivity index (χ0v) is 9.44. The Hall–Kier alpha value is -1.58. The number of carbonyl (C=O) groups is 2. The Morgan fingerprint density at radius 3 is 2.12 bits per heavy atom. The predicted octanol–water partition coefficient (Wildman–Crippen LogP) is 1.63. The van der Waals surface area contributed by atoms with E-state index < -0.39 is 19.8 Å². The fraction of sp³-hybridized carbons (Fsp3) is 0.200. The van der Waals surface area contributed by atoms with Crippen LogP contribution in [0.4, 0.5) is 0 Å². The first-order chi connectivity index (χ1) is 7.65. The lowest BCUT2D eigenvalue weighted by molar-refractivity contribution is 0.0677. The van der Waals surface area contributed by atoms with Crippen molar-refractivity contribution in [3.63, 3.8) is 0 Å². The van der Waals surface area contributed by atoms with E-state index in [9.17, 15) is 14.2 Å². The van der Waals surface area contributed by atoms with Gasteiger partial charge >= 0.3 is 8.03 Å². The molecule has 0 N–H and O–H groups in total. The topological polar surface area (TPSA) is 63.7 Å². The van der Waals surface area contributed by atoms with Crippen LogP contribution in [0.15, 0.2) is 24.3 Å². The maximum absolute atomic E-state index is 11.8. The first-order valence-corrected chi connectivity index (χ1v) is 5.95. The molecule has 1 atom stereocenters. The third-order valence-electron chi connectivity index (χ3n) is 2.34. The standard InChI is InChI=1S/C10H9NO4P/c1-15-16(14)6-11-9(12)7-4-2-3-5-8(7)10(11)13/h2-5H,6H2,1H3/q+1. The van der Waals surface area contributed by atoms with Crippen molar-refractivity contribution in [3.05, 3.63) is 35.4 Å². The molecule has 0 saturated heterocycles. The molecule has 0 saturated carbocycles. The minimum Gasteiger partial charge on any atom is -0.268 e. The summed E-state index contributed by atoms with van der Waals surface area (Å²) >= 11 is 0. The van der Waals surface area contributed by atoms with Gasteiger partial charge in [0.05, 0.1) is 18.2 Å². The van der Waals surface area contributed by atoms with Crippen molar-refractivity contribution in [2.24, 2.45) is 0 Å². The van der Waals surface area contributed by atoms with Crippen molar-refractivity contribution in [3.8, 4) is 0 Å². The molecule has 0 radical (unpaired) electrons. The van der Waals surface area contributed by atoms with E-state index in [4.69, 9.17) is 0 Å². The maximum Gasteiger partial charge on any atom is 0.530 e. The lowest BCUT2D eigenvalue weighted by Crippen LogP contribution is -2.29. The molecule has 0 bridgehead atoms. The SMILES string of the molecule is CO[P+](=O)CN1C(=O)c2ccccc2C1=O. The Balaban J connectivity index is 2.32. The van der Waals surface area contributed by atoms with Gasteiger partial charge in [0.15, 0.2) is 0 Å². The Morgan fingerprint density at radius 1 is 1.19 bits per heavy atom. The lowest BCUT2D eigenvalue weighted by Gasteiger charge is -2.04. The molecule has 1 aliphatic heterocycles. The number of benzene rings is 1. The van der Waals surface area contributed by atoms with Gasteiger partial charge in [0.25, 0.3) is 18.1 Å². The van der Waals surface area contributed by atoms with E-state index in [-0.39, 0.29) is 6.29 Å². The highest BCUT2D eigenvalue weighted by atomic mass is 31.1. The summed E-state index contributed by atoms with van der Waals surface area (Å²) in [5.41, 5.74) is 0.707. The highest BCUT2D eigenvalue weighted by molar-refractivity contribution is 7.39. The number of nitrogens with zero attached hydrogens (tertiary/aromatic N) is 1. The van der Waals surface area contributed by atoms with Crippen LogP contribution in [-0.2, 0) is 9.09 Å². The van der Waals surface area contributed by atoms with E-state index in [2.05, 4.69) is 4.52 Å². The highest BCUT2D eigenvalue weighted by Gasteiger charge is 2.39. The summed E-state index contributed by atoms with van der Waals surface area (Å²) in [5, 5.41) is 0. The molecular weight excluding hydrogens is 229 g/mol. The molecule has 0 aliphatic carbocycles. The number of rotatable bonds is 3. The molecule has 1 aromatic rings. The molecule has 5 nitrogen and oxygen atoms in total. The molecule has 6 heteroatoms. The summed E-state index contributed by atoms with van der Waals surface area (Å²) in [6.45, 7) is 0. The average Bonchev–Trinajstić information content (AvgIpc) is 2.55. The molecule has 2 amide bonds. The number of carbonyl (C=O) groups excluding carboxylic acids is 2. The first kappa shape index (κ1) is 10.9. The van der Waals surface area contributed by atoms with E-state index in [0.717, 1.165) is 4.90 Å². The van der Waals surface area contributed by atoms with Crippen LogP contribution in [-0.4, -0.2) is 30.1 Å². The molecule has 1 aliphatic rings. The molecule has 82 valence electrons. The van der Waals surface area contributed by atoms with Crippen molar-refractivity contribution in [2.75, 3.05) is 13.4 Å². The van der Waals surface area contributed by atoms with Crippen LogP contribution in [0.2, 0.25) is 0 Å². The fourth-order valence-corrected chi connectivity index (χ4v) is 2.14. The smallest absolute Gasteiger partial charge is 0.268 e. The van der Waals surface area contributed by atoms with Crippen molar-refractivity contribution in [2.45, 2.75) is 0 Å². The second-order valence-electron chi connectivity index (χ2n) is 3.24. The largest absolute Gasteiger partial charge is 0.530 e. The minimum absolute atomic E-state index is 0.196. The minimum atomic E-state index is -2.01. The fourth-order valence-electron chi connectivity index (χ4n) is 1.54. The number of fused-ring (bicyclic) bond motifs is 1. The van der Waals surface area contributed by atoms with Crippen LogP contribution in [0.1, 0.15) is 20.7 Å². The van der Waals surface area contributed by atoms with E-state index in [1.165, 1.54) is 7.11 Å². The molecule has 0 fully saturated rings. The van der Waals surface area contributed by atoms with Crippen molar-refractivity contribution in [1.29, 1.82) is 0 Å². The molecule has 0 aromatic heterocycles. The Bertz CT molecular complexity index is 450. The van der Waals surface area contributed by atoms with E-state index in [1.54, 1.807) is 24.3 Å². The predicted molar refractivity (Wildman–Crippen MR) is 56.4 cm³/mol. The first-order valence-electron chi connectivity index (χ1n) is 4.59. The van der Waals surface area contributed by atoms with Gasteiger partial charge in [0, 0.05) is 0 Å². The Morgan fingerprint density at radius 2 is 1.69 bits per heavy atom. The molecule has 1 aromatic carbocycles. The maximum atomic E-state index is 11.8.